The van der Waals surface area contributed by atoms with Crippen LogP contribution in [0, 0.1) is 0 Å². The minimum atomic E-state index is -2.77. The van der Waals surface area contributed by atoms with E-state index in [1.165, 1.54) is 10.4 Å². The molecule has 0 spiro atoms. The van der Waals surface area contributed by atoms with Crippen molar-refractivity contribution in [1.82, 2.24) is 5.32 Å². The number of amides is 1. The Morgan fingerprint density at radius 3 is 2.00 bits per heavy atom. The molecule has 0 saturated carbocycles. The Labute approximate surface area is 209 Å². The molecule has 0 aromatic heterocycles. The number of ether oxygens (including phenoxy) is 2. The Bertz CT molecular complexity index is 1030. The molecule has 3 aromatic carbocycles. The number of nitrogens with one attached hydrogen (secondary N) is 1. The van der Waals surface area contributed by atoms with E-state index in [2.05, 4.69) is 74.6 Å². The van der Waals surface area contributed by atoms with Gasteiger partial charge in [-0.1, -0.05) is 112 Å². The van der Waals surface area contributed by atoms with Crippen molar-refractivity contribution in [3.8, 4) is 0 Å². The number of carbonyl (C=O) groups is 1. The van der Waals surface area contributed by atoms with Crippen LogP contribution in [0.15, 0.2) is 91.0 Å². The first-order valence-electron chi connectivity index (χ1n) is 12.3. The number of alkyl carbamates (subject to hydrolysis) is 1. The van der Waals surface area contributed by atoms with Gasteiger partial charge in [-0.25, -0.2) is 4.79 Å². The summed E-state index contributed by atoms with van der Waals surface area (Å²) < 4.78 is 18.7. The van der Waals surface area contributed by atoms with Gasteiger partial charge in [0.05, 0.1) is 6.10 Å². The molecule has 4 rings (SSSR count). The van der Waals surface area contributed by atoms with Crippen molar-refractivity contribution in [1.29, 1.82) is 0 Å². The molecule has 1 N–H and O–H groups in total. The fraction of sp³-hybridized carbons (Fsp3) is 0.345. The van der Waals surface area contributed by atoms with Crippen LogP contribution in [0.4, 0.5) is 4.79 Å². The van der Waals surface area contributed by atoms with E-state index in [0.717, 1.165) is 18.4 Å². The maximum absolute atomic E-state index is 12.7. The van der Waals surface area contributed by atoms with Gasteiger partial charge in [0.25, 0.3) is 8.32 Å². The molecule has 6 heteroatoms. The van der Waals surface area contributed by atoms with Gasteiger partial charge in [0.2, 0.25) is 0 Å². The van der Waals surface area contributed by atoms with Gasteiger partial charge < -0.3 is 13.9 Å². The lowest BCUT2D eigenvalue weighted by Crippen LogP contribution is -2.69. The zero-order valence-corrected chi connectivity index (χ0v) is 21.8. The first-order valence-corrected chi connectivity index (χ1v) is 14.2. The molecule has 1 fully saturated rings. The predicted octanol–water partition coefficient (Wildman–Crippen LogP) is 4.99. The molecule has 1 heterocycles. The van der Waals surface area contributed by atoms with Crippen LogP contribution < -0.4 is 15.7 Å². The SMILES string of the molecule is CC(C)(C)[Si](O[C@H]1CCCOC1NC(=O)OCc1ccccc1)(c1ccccc1)c1ccccc1. The Morgan fingerprint density at radius 2 is 1.46 bits per heavy atom. The van der Waals surface area contributed by atoms with Crippen molar-refractivity contribution >= 4 is 24.8 Å². The topological polar surface area (TPSA) is 56.8 Å². The molecule has 35 heavy (non-hydrogen) atoms. The van der Waals surface area contributed by atoms with E-state index >= 15 is 0 Å². The van der Waals surface area contributed by atoms with Gasteiger partial charge in [-0.15, -0.1) is 0 Å². The fourth-order valence-electron chi connectivity index (χ4n) is 4.81. The van der Waals surface area contributed by atoms with Crippen LogP contribution in [0.5, 0.6) is 0 Å². The standard InChI is InChI=1S/C29H35NO4Si/c1-29(2,3)35(24-16-9-5-10-17-24,25-18-11-6-12-19-25)34-26-20-13-21-32-27(26)30-28(31)33-22-23-14-7-4-8-15-23/h4-12,14-19,26-27H,13,20-22H2,1-3H3,(H,30,31)/t26-,27?/m0/s1. The summed E-state index contributed by atoms with van der Waals surface area (Å²) in [7, 11) is -2.77. The van der Waals surface area contributed by atoms with E-state index < -0.39 is 20.6 Å². The summed E-state index contributed by atoms with van der Waals surface area (Å²) in [6.07, 6.45) is 0.304. The highest BCUT2D eigenvalue weighted by Crippen LogP contribution is 2.38. The molecule has 0 radical (unpaired) electrons. The maximum Gasteiger partial charge on any atom is 0.409 e. The van der Waals surface area contributed by atoms with Gasteiger partial charge in [-0.3, -0.25) is 5.32 Å². The van der Waals surface area contributed by atoms with Crippen LogP contribution in [-0.4, -0.2) is 33.3 Å². The van der Waals surface area contributed by atoms with Gasteiger partial charge in [0, 0.05) is 6.61 Å². The third-order valence-corrected chi connectivity index (χ3v) is 11.5. The van der Waals surface area contributed by atoms with Crippen molar-refractivity contribution < 1.29 is 18.7 Å². The van der Waals surface area contributed by atoms with E-state index in [9.17, 15) is 4.79 Å². The van der Waals surface area contributed by atoms with Gasteiger partial charge in [-0.2, -0.15) is 0 Å². The first kappa shape index (κ1) is 25.2. The van der Waals surface area contributed by atoms with Gasteiger partial charge in [0.15, 0.2) is 6.23 Å². The third-order valence-electron chi connectivity index (χ3n) is 6.49. The maximum atomic E-state index is 12.7. The van der Waals surface area contributed by atoms with Gasteiger partial charge >= 0.3 is 6.09 Å². The van der Waals surface area contributed by atoms with Crippen LogP contribution in [0.1, 0.15) is 39.2 Å². The molecule has 0 bridgehead atoms. The number of hydrogen-bond acceptors (Lipinski definition) is 4. The second-order valence-corrected chi connectivity index (χ2v) is 14.2. The second-order valence-electron chi connectivity index (χ2n) is 9.96. The molecule has 1 aliphatic heterocycles. The molecule has 1 amide bonds. The van der Waals surface area contributed by atoms with E-state index in [0.29, 0.717) is 6.61 Å². The van der Waals surface area contributed by atoms with E-state index in [1.807, 2.05) is 42.5 Å². The number of carbonyl (C=O) groups excluding carboxylic acids is 1. The van der Waals surface area contributed by atoms with Crippen molar-refractivity contribution in [3.63, 3.8) is 0 Å². The molecular formula is C29H35NO4Si. The van der Waals surface area contributed by atoms with E-state index in [1.54, 1.807) is 0 Å². The van der Waals surface area contributed by atoms with Crippen molar-refractivity contribution in [2.75, 3.05) is 6.61 Å². The normalized spacial score (nSPS) is 18.6. The Hall–Kier alpha value is -2.93. The summed E-state index contributed by atoms with van der Waals surface area (Å²) >= 11 is 0. The fourth-order valence-corrected chi connectivity index (χ4v) is 9.52. The van der Waals surface area contributed by atoms with Gasteiger partial charge in [0.1, 0.15) is 6.61 Å². The van der Waals surface area contributed by atoms with Crippen LogP contribution in [0.2, 0.25) is 5.04 Å². The Kier molecular flexibility index (Phi) is 8.06. The molecule has 5 nitrogen and oxygen atoms in total. The third kappa shape index (κ3) is 5.84. The quantitative estimate of drug-likeness (QED) is 0.475. The van der Waals surface area contributed by atoms with Crippen LogP contribution in [0.25, 0.3) is 0 Å². The lowest BCUT2D eigenvalue weighted by molar-refractivity contribution is -0.0803. The van der Waals surface area contributed by atoms with Crippen molar-refractivity contribution in [2.24, 2.45) is 0 Å². The molecule has 3 aromatic rings. The second kappa shape index (κ2) is 11.2. The van der Waals surface area contributed by atoms with Crippen LogP contribution in [0.3, 0.4) is 0 Å². The average Bonchev–Trinajstić information content (AvgIpc) is 2.88. The lowest BCUT2D eigenvalue weighted by Gasteiger charge is -2.47. The number of benzene rings is 3. The minimum absolute atomic E-state index is 0.161. The van der Waals surface area contributed by atoms with Crippen LogP contribution in [-0.2, 0) is 20.5 Å². The predicted molar refractivity (Wildman–Crippen MR) is 141 cm³/mol. The highest BCUT2D eigenvalue weighted by Gasteiger charge is 2.52. The summed E-state index contributed by atoms with van der Waals surface area (Å²) in [6.45, 7) is 7.53. The van der Waals surface area contributed by atoms with E-state index in [-0.39, 0.29) is 17.7 Å². The smallest absolute Gasteiger partial charge is 0.409 e. The summed E-state index contributed by atoms with van der Waals surface area (Å²) in [5, 5.41) is 5.18. The molecule has 184 valence electrons. The summed E-state index contributed by atoms with van der Waals surface area (Å²) in [5.74, 6) is 0. The molecule has 0 aliphatic carbocycles. The number of hydrogen-bond donors (Lipinski definition) is 1. The molecule has 1 unspecified atom stereocenters. The molecule has 2 atom stereocenters. The summed E-state index contributed by atoms with van der Waals surface area (Å²) in [4.78, 5) is 12.7. The number of rotatable bonds is 7. The summed E-state index contributed by atoms with van der Waals surface area (Å²) in [6, 6.07) is 30.7. The molecule has 1 saturated heterocycles. The monoisotopic (exact) mass is 489 g/mol. The zero-order chi connectivity index (χ0) is 24.7. The first-order chi connectivity index (χ1) is 16.9. The lowest BCUT2D eigenvalue weighted by atomic mass is 10.1. The largest absolute Gasteiger partial charge is 0.445 e. The molecular weight excluding hydrogens is 454 g/mol. The van der Waals surface area contributed by atoms with E-state index in [4.69, 9.17) is 13.9 Å². The molecule has 1 aliphatic rings. The Balaban J connectivity index is 1.60. The van der Waals surface area contributed by atoms with Crippen LogP contribution >= 0.6 is 0 Å². The summed E-state index contributed by atoms with van der Waals surface area (Å²) in [5.41, 5.74) is 0.937. The Morgan fingerprint density at radius 1 is 0.914 bits per heavy atom. The van der Waals surface area contributed by atoms with Crippen molar-refractivity contribution in [3.05, 3.63) is 96.6 Å². The van der Waals surface area contributed by atoms with Crippen molar-refractivity contribution in [2.45, 2.75) is 57.6 Å². The zero-order valence-electron chi connectivity index (χ0n) is 20.8. The minimum Gasteiger partial charge on any atom is -0.445 e. The highest BCUT2D eigenvalue weighted by molar-refractivity contribution is 6.99. The highest BCUT2D eigenvalue weighted by atomic mass is 28.4. The van der Waals surface area contributed by atoms with Gasteiger partial charge in [-0.05, 0) is 33.8 Å². The average molecular weight is 490 g/mol.